The van der Waals surface area contributed by atoms with Gasteiger partial charge in [-0.2, -0.15) is 4.98 Å². The van der Waals surface area contributed by atoms with Crippen molar-refractivity contribution in [3.8, 4) is 0 Å². The van der Waals surface area contributed by atoms with Crippen LogP contribution in [0.25, 0.3) is 11.2 Å². The number of H-pyrrole nitrogens is 1. The van der Waals surface area contributed by atoms with E-state index in [-0.39, 0.29) is 5.28 Å². The quantitative estimate of drug-likeness (QED) is 0.452. The highest BCUT2D eigenvalue weighted by atomic mass is 35.5. The van der Waals surface area contributed by atoms with Crippen molar-refractivity contribution in [1.82, 2.24) is 19.9 Å². The molecule has 0 spiro atoms. The van der Waals surface area contributed by atoms with E-state index in [1.807, 2.05) is 24.3 Å². The molecule has 96 valence electrons. The predicted octanol–water partition coefficient (Wildman–Crippen LogP) is 3.95. The molecular weight excluding hydrogens is 303 g/mol. The zero-order chi connectivity index (χ0) is 13.2. The van der Waals surface area contributed by atoms with Gasteiger partial charge in [0.1, 0.15) is 10.5 Å². The molecule has 4 nitrogen and oxygen atoms in total. The summed E-state index contributed by atoms with van der Waals surface area (Å²) in [6, 6.07) is 7.73. The third-order valence-electron chi connectivity index (χ3n) is 2.55. The summed E-state index contributed by atoms with van der Waals surface area (Å²) >= 11 is 13.5. The maximum atomic E-state index is 6.13. The van der Waals surface area contributed by atoms with Gasteiger partial charge < -0.3 is 4.98 Å². The van der Waals surface area contributed by atoms with E-state index in [9.17, 15) is 0 Å². The first-order valence-corrected chi connectivity index (χ1v) is 7.21. The molecule has 0 amide bonds. The maximum absolute atomic E-state index is 6.13. The molecule has 3 rings (SSSR count). The molecule has 1 N–H and O–H groups in total. The molecule has 0 unspecified atom stereocenters. The second-order valence-electron chi connectivity index (χ2n) is 3.78. The summed E-state index contributed by atoms with van der Waals surface area (Å²) < 4.78 is 0. The number of halogens is 2. The molecule has 19 heavy (non-hydrogen) atoms. The number of thioether (sulfide) groups is 1. The second kappa shape index (κ2) is 5.36. The number of aromatic amines is 1. The van der Waals surface area contributed by atoms with Gasteiger partial charge in [-0.1, -0.05) is 41.6 Å². The Hall–Kier alpha value is -1.30. The van der Waals surface area contributed by atoms with Crippen LogP contribution in [0.5, 0.6) is 0 Å². The number of nitrogens with zero attached hydrogens (tertiary/aromatic N) is 3. The minimum absolute atomic E-state index is 0.196. The summed E-state index contributed by atoms with van der Waals surface area (Å²) in [6.45, 7) is 0. The van der Waals surface area contributed by atoms with E-state index < -0.39 is 0 Å². The van der Waals surface area contributed by atoms with Crippen LogP contribution in [0.2, 0.25) is 10.3 Å². The number of hydrogen-bond acceptors (Lipinski definition) is 4. The van der Waals surface area contributed by atoms with Gasteiger partial charge in [-0.25, -0.2) is 9.97 Å². The van der Waals surface area contributed by atoms with Crippen LogP contribution in [0, 0.1) is 0 Å². The fraction of sp³-hybridized carbons (Fsp3) is 0.0833. The molecule has 3 aromatic rings. The molecule has 0 bridgehead atoms. The van der Waals surface area contributed by atoms with Crippen LogP contribution in [0.4, 0.5) is 0 Å². The monoisotopic (exact) mass is 310 g/mol. The summed E-state index contributed by atoms with van der Waals surface area (Å²) in [5, 5.41) is 1.71. The lowest BCUT2D eigenvalue weighted by molar-refractivity contribution is 1.08. The zero-order valence-corrected chi connectivity index (χ0v) is 11.9. The smallest absolute Gasteiger partial charge is 0.225 e. The predicted molar refractivity (Wildman–Crippen MR) is 77.7 cm³/mol. The molecule has 2 heterocycles. The minimum Gasteiger partial charge on any atom is -0.341 e. The van der Waals surface area contributed by atoms with Gasteiger partial charge in [0.05, 0.1) is 6.33 Å². The number of fused-ring (bicyclic) bond motifs is 1. The van der Waals surface area contributed by atoms with Gasteiger partial charge >= 0.3 is 0 Å². The average molecular weight is 311 g/mol. The third kappa shape index (κ3) is 2.68. The van der Waals surface area contributed by atoms with Crippen LogP contribution in [0.1, 0.15) is 5.56 Å². The molecule has 0 radical (unpaired) electrons. The Morgan fingerprint density at radius 2 is 2.00 bits per heavy atom. The Bertz CT molecular complexity index is 729. The molecule has 0 saturated carbocycles. The summed E-state index contributed by atoms with van der Waals surface area (Å²) in [5.74, 6) is 0.709. The Morgan fingerprint density at radius 1 is 1.16 bits per heavy atom. The van der Waals surface area contributed by atoms with Crippen LogP contribution < -0.4 is 0 Å². The van der Waals surface area contributed by atoms with Crippen LogP contribution in [0.15, 0.2) is 35.6 Å². The lowest BCUT2D eigenvalue weighted by Crippen LogP contribution is -1.90. The summed E-state index contributed by atoms with van der Waals surface area (Å²) in [5.41, 5.74) is 2.42. The van der Waals surface area contributed by atoms with Crippen LogP contribution in [-0.4, -0.2) is 19.9 Å². The third-order valence-corrected chi connectivity index (χ3v) is 4.11. The molecule has 0 saturated heterocycles. The SMILES string of the molecule is Clc1nc(SCc2ccccc2Cl)c2[nH]cnc2n1. The van der Waals surface area contributed by atoms with E-state index in [1.54, 1.807) is 18.1 Å². The standard InChI is InChI=1S/C12H8Cl2N4S/c13-8-4-2-1-3-7(8)5-19-11-9-10(16-6-15-9)17-12(14)18-11/h1-4,6H,5H2,(H,15,16,17,18). The number of rotatable bonds is 3. The zero-order valence-electron chi connectivity index (χ0n) is 9.60. The van der Waals surface area contributed by atoms with Crippen molar-refractivity contribution in [3.05, 3.63) is 46.5 Å². The van der Waals surface area contributed by atoms with E-state index >= 15 is 0 Å². The van der Waals surface area contributed by atoms with Gasteiger partial charge in [0.2, 0.25) is 5.28 Å². The maximum Gasteiger partial charge on any atom is 0.225 e. The van der Waals surface area contributed by atoms with E-state index in [1.165, 1.54) is 0 Å². The van der Waals surface area contributed by atoms with Crippen molar-refractivity contribution >= 4 is 46.1 Å². The fourth-order valence-corrected chi connectivity index (χ4v) is 3.13. The molecular formula is C12H8Cl2N4S. The lowest BCUT2D eigenvalue weighted by atomic mass is 10.2. The normalized spacial score (nSPS) is 11.1. The fourth-order valence-electron chi connectivity index (χ4n) is 1.65. The number of imidazole rings is 1. The lowest BCUT2D eigenvalue weighted by Gasteiger charge is -2.04. The van der Waals surface area contributed by atoms with Gasteiger partial charge in [0.25, 0.3) is 0 Å². The average Bonchev–Trinajstić information content (AvgIpc) is 2.85. The van der Waals surface area contributed by atoms with Gasteiger partial charge in [0.15, 0.2) is 5.65 Å². The van der Waals surface area contributed by atoms with E-state index in [0.717, 1.165) is 21.1 Å². The van der Waals surface area contributed by atoms with Crippen molar-refractivity contribution in [2.75, 3.05) is 0 Å². The Kier molecular flexibility index (Phi) is 3.59. The Morgan fingerprint density at radius 3 is 2.84 bits per heavy atom. The highest BCUT2D eigenvalue weighted by Crippen LogP contribution is 2.29. The first-order chi connectivity index (χ1) is 9.24. The van der Waals surface area contributed by atoms with Gasteiger partial charge in [-0.15, -0.1) is 0 Å². The Labute approximate surface area is 123 Å². The van der Waals surface area contributed by atoms with Crippen molar-refractivity contribution in [2.24, 2.45) is 0 Å². The molecule has 1 aromatic carbocycles. The topological polar surface area (TPSA) is 54.5 Å². The highest BCUT2D eigenvalue weighted by molar-refractivity contribution is 7.98. The molecule has 7 heteroatoms. The minimum atomic E-state index is 0.196. The van der Waals surface area contributed by atoms with Crippen molar-refractivity contribution in [1.29, 1.82) is 0 Å². The molecule has 0 atom stereocenters. The van der Waals surface area contributed by atoms with E-state index in [4.69, 9.17) is 23.2 Å². The summed E-state index contributed by atoms with van der Waals surface area (Å²) in [4.78, 5) is 15.4. The van der Waals surface area contributed by atoms with Crippen molar-refractivity contribution < 1.29 is 0 Å². The van der Waals surface area contributed by atoms with Gasteiger partial charge in [-0.05, 0) is 23.2 Å². The highest BCUT2D eigenvalue weighted by Gasteiger charge is 2.10. The largest absolute Gasteiger partial charge is 0.341 e. The number of nitrogens with one attached hydrogen (secondary N) is 1. The second-order valence-corrected chi connectivity index (χ2v) is 5.49. The molecule has 0 aliphatic carbocycles. The van der Waals surface area contributed by atoms with E-state index in [2.05, 4.69) is 19.9 Å². The number of aromatic nitrogens is 4. The number of benzene rings is 1. The first-order valence-electron chi connectivity index (χ1n) is 5.47. The first kappa shape index (κ1) is 12.7. The number of hydrogen-bond donors (Lipinski definition) is 1. The molecule has 0 aliphatic heterocycles. The molecule has 0 fully saturated rings. The Balaban J connectivity index is 1.90. The molecule has 0 aliphatic rings. The van der Waals surface area contributed by atoms with Crippen molar-refractivity contribution in [3.63, 3.8) is 0 Å². The van der Waals surface area contributed by atoms with Crippen molar-refractivity contribution in [2.45, 2.75) is 10.8 Å². The molecule has 2 aromatic heterocycles. The van der Waals surface area contributed by atoms with Gasteiger partial charge in [-0.3, -0.25) is 0 Å². The summed E-state index contributed by atoms with van der Waals surface area (Å²) in [6.07, 6.45) is 1.58. The van der Waals surface area contributed by atoms with Gasteiger partial charge in [0, 0.05) is 10.8 Å². The van der Waals surface area contributed by atoms with Crippen LogP contribution in [-0.2, 0) is 5.75 Å². The van der Waals surface area contributed by atoms with Crippen LogP contribution >= 0.6 is 35.0 Å². The summed E-state index contributed by atoms with van der Waals surface area (Å²) in [7, 11) is 0. The van der Waals surface area contributed by atoms with Crippen LogP contribution in [0.3, 0.4) is 0 Å². The van der Waals surface area contributed by atoms with E-state index in [0.29, 0.717) is 11.4 Å².